The van der Waals surface area contributed by atoms with Gasteiger partial charge in [0.25, 0.3) is 5.91 Å². The van der Waals surface area contributed by atoms with E-state index in [1.807, 2.05) is 29.6 Å². The zero-order valence-electron chi connectivity index (χ0n) is 11.5. The number of carbonyl (C=O) groups excluding carboxylic acids is 1. The number of thiophene rings is 1. The molecule has 21 heavy (non-hydrogen) atoms. The van der Waals surface area contributed by atoms with Crippen molar-refractivity contribution in [1.29, 1.82) is 0 Å². The largest absolute Gasteiger partial charge is 0.492 e. The Kier molecular flexibility index (Phi) is 4.19. The average Bonchev–Trinajstić information content (AvgIpc) is 2.86. The minimum absolute atomic E-state index is 0.230. The fraction of sp³-hybridized carbons (Fsp3) is 0.267. The Hall–Kier alpha value is -1.89. The van der Waals surface area contributed by atoms with Gasteiger partial charge in [0.1, 0.15) is 12.4 Å². The monoisotopic (exact) mass is 303 g/mol. The maximum absolute atomic E-state index is 11.7. The Labute approximate surface area is 127 Å². The molecule has 3 N–H and O–H groups in total. The summed E-state index contributed by atoms with van der Waals surface area (Å²) in [7, 11) is 0. The molecule has 6 heteroatoms. The number of nitrogen functional groups attached to an aromatic ring is 1. The maximum Gasteiger partial charge on any atom is 0.275 e. The molecule has 2 heterocycles. The molecular formula is C15H17N3O2S. The van der Waals surface area contributed by atoms with Crippen LogP contribution in [0.4, 0.5) is 0 Å². The van der Waals surface area contributed by atoms with Gasteiger partial charge in [-0.15, -0.1) is 11.3 Å². The molecule has 0 atom stereocenters. The molecule has 110 valence electrons. The molecule has 2 aromatic rings. The van der Waals surface area contributed by atoms with Crippen LogP contribution in [0, 0.1) is 0 Å². The molecule has 0 aliphatic carbocycles. The summed E-state index contributed by atoms with van der Waals surface area (Å²) in [6.45, 7) is 3.01. The number of nitrogens with one attached hydrogen (secondary N) is 1. The predicted molar refractivity (Wildman–Crippen MR) is 82.0 cm³/mol. The van der Waals surface area contributed by atoms with Gasteiger partial charge in [-0.3, -0.25) is 15.1 Å². The molecule has 3 rings (SSSR count). The van der Waals surface area contributed by atoms with Crippen LogP contribution in [-0.4, -0.2) is 24.0 Å². The first-order valence-electron chi connectivity index (χ1n) is 6.78. The summed E-state index contributed by atoms with van der Waals surface area (Å²) in [6.07, 6.45) is 0. The quantitative estimate of drug-likeness (QED) is 0.515. The van der Waals surface area contributed by atoms with Crippen LogP contribution in [0.1, 0.15) is 20.8 Å². The van der Waals surface area contributed by atoms with Crippen LogP contribution in [0.2, 0.25) is 0 Å². The van der Waals surface area contributed by atoms with E-state index in [9.17, 15) is 4.79 Å². The maximum atomic E-state index is 11.7. The number of nitrogens with zero attached hydrogens (tertiary/aromatic N) is 1. The van der Waals surface area contributed by atoms with Crippen molar-refractivity contribution in [2.24, 2.45) is 5.84 Å². The van der Waals surface area contributed by atoms with Crippen LogP contribution in [0.25, 0.3) is 0 Å². The van der Waals surface area contributed by atoms with E-state index in [0.29, 0.717) is 18.0 Å². The number of rotatable bonds is 3. The summed E-state index contributed by atoms with van der Waals surface area (Å²) in [5.41, 5.74) is 4.38. The number of hydrogen-bond donors (Lipinski definition) is 2. The van der Waals surface area contributed by atoms with Gasteiger partial charge in [0.15, 0.2) is 0 Å². The third-order valence-electron chi connectivity index (χ3n) is 3.51. The van der Waals surface area contributed by atoms with Crippen LogP contribution >= 0.6 is 11.3 Å². The summed E-state index contributed by atoms with van der Waals surface area (Å²) in [5, 5.41) is 1.92. The van der Waals surface area contributed by atoms with Crippen molar-refractivity contribution in [1.82, 2.24) is 10.3 Å². The van der Waals surface area contributed by atoms with Gasteiger partial charge in [0, 0.05) is 25.2 Å². The number of benzene rings is 1. The summed E-state index contributed by atoms with van der Waals surface area (Å²) in [6, 6.07) is 10.1. The Balaban J connectivity index is 1.77. The minimum Gasteiger partial charge on any atom is -0.492 e. The first-order chi connectivity index (χ1) is 10.3. The number of hydrogen-bond acceptors (Lipinski definition) is 5. The summed E-state index contributed by atoms with van der Waals surface area (Å²) in [5.74, 6) is 5.95. The average molecular weight is 303 g/mol. The number of fused-ring (bicyclic) bond motifs is 1. The van der Waals surface area contributed by atoms with E-state index in [1.54, 1.807) is 0 Å². The Bertz CT molecular complexity index is 641. The Morgan fingerprint density at radius 1 is 1.38 bits per heavy atom. The van der Waals surface area contributed by atoms with Crippen LogP contribution in [0.15, 0.2) is 35.7 Å². The van der Waals surface area contributed by atoms with Gasteiger partial charge in [0.05, 0.1) is 4.88 Å². The van der Waals surface area contributed by atoms with Crippen molar-refractivity contribution in [3.8, 4) is 5.75 Å². The lowest BCUT2D eigenvalue weighted by Crippen LogP contribution is -2.31. The van der Waals surface area contributed by atoms with Crippen LogP contribution < -0.4 is 16.0 Å². The van der Waals surface area contributed by atoms with Crippen molar-refractivity contribution in [2.75, 3.05) is 13.2 Å². The van der Waals surface area contributed by atoms with E-state index < -0.39 is 0 Å². The smallest absolute Gasteiger partial charge is 0.275 e. The van der Waals surface area contributed by atoms with E-state index in [1.165, 1.54) is 16.9 Å². The second-order valence-corrected chi connectivity index (χ2v) is 5.83. The third kappa shape index (κ3) is 3.07. The SMILES string of the molecule is NNC(=O)c1sccc1CN1CCOc2ccccc2C1. The first kappa shape index (κ1) is 14.1. The molecule has 0 fully saturated rings. The van der Waals surface area contributed by atoms with Gasteiger partial charge < -0.3 is 4.74 Å². The first-order valence-corrected chi connectivity index (χ1v) is 7.66. The van der Waals surface area contributed by atoms with Crippen molar-refractivity contribution >= 4 is 17.2 Å². The third-order valence-corrected chi connectivity index (χ3v) is 4.47. The molecular weight excluding hydrogens is 286 g/mol. The van der Waals surface area contributed by atoms with E-state index in [4.69, 9.17) is 10.6 Å². The number of ether oxygens (including phenoxy) is 1. The van der Waals surface area contributed by atoms with Gasteiger partial charge in [0.2, 0.25) is 0 Å². The molecule has 0 saturated heterocycles. The van der Waals surface area contributed by atoms with Gasteiger partial charge in [-0.2, -0.15) is 0 Å². The predicted octanol–water partition coefficient (Wildman–Crippen LogP) is 1.75. The second kappa shape index (κ2) is 6.26. The summed E-state index contributed by atoms with van der Waals surface area (Å²) < 4.78 is 5.76. The van der Waals surface area contributed by atoms with Gasteiger partial charge in [-0.25, -0.2) is 5.84 Å². The standard InChI is InChI=1S/C15H17N3O2S/c16-17-15(19)14-12(5-8-21-14)10-18-6-7-20-13-4-2-1-3-11(13)9-18/h1-5,8H,6-7,9-10,16H2,(H,17,19). The lowest BCUT2D eigenvalue weighted by molar-refractivity contribution is 0.0955. The van der Waals surface area contributed by atoms with E-state index in [2.05, 4.69) is 16.4 Å². The van der Waals surface area contributed by atoms with Gasteiger partial charge >= 0.3 is 0 Å². The molecule has 0 unspecified atom stereocenters. The van der Waals surface area contributed by atoms with Crippen molar-refractivity contribution < 1.29 is 9.53 Å². The molecule has 0 radical (unpaired) electrons. The molecule has 1 aliphatic heterocycles. The zero-order chi connectivity index (χ0) is 14.7. The highest BCUT2D eigenvalue weighted by atomic mass is 32.1. The molecule has 1 aromatic heterocycles. The Morgan fingerprint density at radius 2 is 2.24 bits per heavy atom. The number of nitrogens with two attached hydrogens (primary N) is 1. The molecule has 5 nitrogen and oxygen atoms in total. The molecule has 1 amide bonds. The summed E-state index contributed by atoms with van der Waals surface area (Å²) in [4.78, 5) is 14.7. The van der Waals surface area contributed by atoms with E-state index in [0.717, 1.165) is 24.4 Å². The second-order valence-electron chi connectivity index (χ2n) is 4.92. The van der Waals surface area contributed by atoms with Crippen LogP contribution in [-0.2, 0) is 13.1 Å². The highest BCUT2D eigenvalue weighted by Gasteiger charge is 2.18. The zero-order valence-corrected chi connectivity index (χ0v) is 12.4. The number of hydrazine groups is 1. The highest BCUT2D eigenvalue weighted by Crippen LogP contribution is 2.25. The molecule has 1 aliphatic rings. The number of amides is 1. The lowest BCUT2D eigenvalue weighted by Gasteiger charge is -2.19. The van der Waals surface area contributed by atoms with Crippen LogP contribution in [0.5, 0.6) is 5.75 Å². The van der Waals surface area contributed by atoms with E-state index >= 15 is 0 Å². The fourth-order valence-corrected chi connectivity index (χ4v) is 3.30. The molecule has 0 spiro atoms. The molecule has 1 aromatic carbocycles. The number of carbonyl (C=O) groups is 1. The van der Waals surface area contributed by atoms with Crippen molar-refractivity contribution in [3.63, 3.8) is 0 Å². The van der Waals surface area contributed by atoms with E-state index in [-0.39, 0.29) is 5.91 Å². The minimum atomic E-state index is -0.230. The highest BCUT2D eigenvalue weighted by molar-refractivity contribution is 7.12. The topological polar surface area (TPSA) is 67.6 Å². The number of para-hydroxylation sites is 1. The van der Waals surface area contributed by atoms with Gasteiger partial charge in [-0.1, -0.05) is 18.2 Å². The van der Waals surface area contributed by atoms with Crippen molar-refractivity contribution in [2.45, 2.75) is 13.1 Å². The Morgan fingerprint density at radius 3 is 3.10 bits per heavy atom. The molecule has 0 saturated carbocycles. The van der Waals surface area contributed by atoms with Gasteiger partial charge in [-0.05, 0) is 23.1 Å². The molecule has 0 bridgehead atoms. The lowest BCUT2D eigenvalue weighted by atomic mass is 10.1. The normalized spacial score (nSPS) is 14.9. The fourth-order valence-electron chi connectivity index (χ4n) is 2.48. The van der Waals surface area contributed by atoms with Crippen molar-refractivity contribution in [3.05, 3.63) is 51.7 Å². The summed E-state index contributed by atoms with van der Waals surface area (Å²) >= 11 is 1.41. The van der Waals surface area contributed by atoms with Crippen LogP contribution in [0.3, 0.4) is 0 Å².